The molecule has 0 aliphatic rings. The van der Waals surface area contributed by atoms with Crippen LogP contribution in [0.1, 0.15) is 26.3 Å². The molecular weight excluding hydrogens is 184 g/mol. The van der Waals surface area contributed by atoms with Gasteiger partial charge >= 0.3 is 0 Å². The molecule has 0 aromatic heterocycles. The molecule has 0 aliphatic carbocycles. The van der Waals surface area contributed by atoms with Crippen molar-refractivity contribution in [3.05, 3.63) is 42.5 Å². The zero-order valence-corrected chi connectivity index (χ0v) is 9.92. The lowest BCUT2D eigenvalue weighted by Crippen LogP contribution is -2.08. The van der Waals surface area contributed by atoms with Gasteiger partial charge in [0, 0.05) is 0 Å². The van der Waals surface area contributed by atoms with Crippen molar-refractivity contribution in [3.8, 4) is 5.75 Å². The molecule has 0 fully saturated rings. The first kappa shape index (κ1) is 11.8. The zero-order valence-electron chi connectivity index (χ0n) is 9.92. The van der Waals surface area contributed by atoms with E-state index in [2.05, 4.69) is 39.5 Å². The highest BCUT2D eigenvalue weighted by Gasteiger charge is 2.10. The molecule has 1 nitrogen and oxygen atoms in total. The van der Waals surface area contributed by atoms with E-state index >= 15 is 0 Å². The summed E-state index contributed by atoms with van der Waals surface area (Å²) in [6.45, 7) is 10.9. The Bertz CT molecular complexity index is 303. The molecule has 0 radical (unpaired) electrons. The molecule has 0 saturated heterocycles. The molecule has 0 aliphatic heterocycles. The summed E-state index contributed by atoms with van der Waals surface area (Å²) in [5, 5.41) is 0. The maximum atomic E-state index is 5.42. The van der Waals surface area contributed by atoms with Crippen LogP contribution in [0.2, 0.25) is 0 Å². The van der Waals surface area contributed by atoms with Gasteiger partial charge in [0.25, 0.3) is 0 Å². The Kier molecular flexibility index (Phi) is 3.96. The number of ether oxygens (including phenoxy) is 1. The van der Waals surface area contributed by atoms with Gasteiger partial charge in [0.05, 0.1) is 0 Å². The van der Waals surface area contributed by atoms with Crippen LogP contribution in [-0.2, 0) is 6.42 Å². The van der Waals surface area contributed by atoms with E-state index < -0.39 is 0 Å². The minimum atomic E-state index is 0.337. The first-order valence-electron chi connectivity index (χ1n) is 5.34. The SMILES string of the molecule is C=CCOc1ccc(CC(C)(C)C)cc1. The van der Waals surface area contributed by atoms with Crippen molar-refractivity contribution in [1.29, 1.82) is 0 Å². The summed E-state index contributed by atoms with van der Waals surface area (Å²) in [5.41, 5.74) is 1.69. The maximum Gasteiger partial charge on any atom is 0.119 e. The fraction of sp³-hybridized carbons (Fsp3) is 0.429. The molecule has 0 heterocycles. The van der Waals surface area contributed by atoms with Crippen molar-refractivity contribution in [2.24, 2.45) is 5.41 Å². The summed E-state index contributed by atoms with van der Waals surface area (Å²) in [4.78, 5) is 0. The van der Waals surface area contributed by atoms with Crippen LogP contribution in [-0.4, -0.2) is 6.61 Å². The molecule has 0 spiro atoms. The van der Waals surface area contributed by atoms with E-state index in [1.807, 2.05) is 12.1 Å². The summed E-state index contributed by atoms with van der Waals surface area (Å²) in [7, 11) is 0. The van der Waals surface area contributed by atoms with Crippen molar-refractivity contribution in [3.63, 3.8) is 0 Å². The first-order valence-corrected chi connectivity index (χ1v) is 5.34. The van der Waals surface area contributed by atoms with Crippen molar-refractivity contribution in [1.82, 2.24) is 0 Å². The Morgan fingerprint density at radius 2 is 1.80 bits per heavy atom. The van der Waals surface area contributed by atoms with Crippen LogP contribution in [0.25, 0.3) is 0 Å². The van der Waals surface area contributed by atoms with Crippen molar-refractivity contribution in [2.45, 2.75) is 27.2 Å². The van der Waals surface area contributed by atoms with E-state index in [1.54, 1.807) is 6.08 Å². The normalized spacial score (nSPS) is 11.1. The summed E-state index contributed by atoms with van der Waals surface area (Å²) in [6.07, 6.45) is 2.85. The Hall–Kier alpha value is -1.24. The summed E-state index contributed by atoms with van der Waals surface area (Å²) >= 11 is 0. The van der Waals surface area contributed by atoms with E-state index in [1.165, 1.54) is 5.56 Å². The van der Waals surface area contributed by atoms with Crippen LogP contribution in [0.5, 0.6) is 5.75 Å². The van der Waals surface area contributed by atoms with Gasteiger partial charge in [-0.3, -0.25) is 0 Å². The highest BCUT2D eigenvalue weighted by atomic mass is 16.5. The third kappa shape index (κ3) is 4.68. The van der Waals surface area contributed by atoms with E-state index in [0.717, 1.165) is 12.2 Å². The second-order valence-corrected chi connectivity index (χ2v) is 4.98. The minimum absolute atomic E-state index is 0.337. The summed E-state index contributed by atoms with van der Waals surface area (Å²) in [5.74, 6) is 0.910. The van der Waals surface area contributed by atoms with Crippen LogP contribution in [0.15, 0.2) is 36.9 Å². The molecule has 1 aromatic carbocycles. The molecule has 0 bridgehead atoms. The third-order valence-corrected chi connectivity index (χ3v) is 2.03. The Balaban J connectivity index is 2.60. The van der Waals surface area contributed by atoms with Gasteiger partial charge < -0.3 is 4.74 Å². The first-order chi connectivity index (χ1) is 7.01. The fourth-order valence-corrected chi connectivity index (χ4v) is 1.47. The standard InChI is InChI=1S/C14H20O/c1-5-10-15-13-8-6-12(7-9-13)11-14(2,3)4/h5-9H,1,10-11H2,2-4H3. The summed E-state index contributed by atoms with van der Waals surface area (Å²) in [6, 6.07) is 8.29. The topological polar surface area (TPSA) is 9.23 Å². The van der Waals surface area contributed by atoms with Crippen LogP contribution in [0.4, 0.5) is 0 Å². The number of rotatable bonds is 4. The molecular formula is C14H20O. The van der Waals surface area contributed by atoms with Gasteiger partial charge in [0.1, 0.15) is 12.4 Å². The Morgan fingerprint density at radius 1 is 1.20 bits per heavy atom. The second-order valence-electron chi connectivity index (χ2n) is 4.98. The molecule has 1 rings (SSSR count). The molecule has 1 heteroatoms. The summed E-state index contributed by atoms with van der Waals surface area (Å²) < 4.78 is 5.42. The lowest BCUT2D eigenvalue weighted by Gasteiger charge is -2.18. The van der Waals surface area contributed by atoms with Crippen molar-refractivity contribution in [2.75, 3.05) is 6.61 Å². The quantitative estimate of drug-likeness (QED) is 0.677. The van der Waals surface area contributed by atoms with Gasteiger partial charge in [-0.05, 0) is 29.5 Å². The van der Waals surface area contributed by atoms with E-state index in [-0.39, 0.29) is 0 Å². The van der Waals surface area contributed by atoms with E-state index in [9.17, 15) is 0 Å². The highest BCUT2D eigenvalue weighted by molar-refractivity contribution is 5.27. The number of hydrogen-bond acceptors (Lipinski definition) is 1. The lowest BCUT2D eigenvalue weighted by molar-refractivity contribution is 0.362. The van der Waals surface area contributed by atoms with E-state index in [0.29, 0.717) is 12.0 Å². The van der Waals surface area contributed by atoms with Crippen molar-refractivity contribution >= 4 is 0 Å². The molecule has 82 valence electrons. The molecule has 15 heavy (non-hydrogen) atoms. The Morgan fingerprint density at radius 3 is 2.27 bits per heavy atom. The zero-order chi connectivity index (χ0) is 11.3. The molecule has 0 saturated carbocycles. The molecule has 0 amide bonds. The predicted octanol–water partition coefficient (Wildman–Crippen LogP) is 3.84. The van der Waals surface area contributed by atoms with Gasteiger partial charge in [-0.2, -0.15) is 0 Å². The number of hydrogen-bond donors (Lipinski definition) is 0. The average Bonchev–Trinajstić information content (AvgIpc) is 2.14. The largest absolute Gasteiger partial charge is 0.490 e. The third-order valence-electron chi connectivity index (χ3n) is 2.03. The van der Waals surface area contributed by atoms with Crippen LogP contribution in [0.3, 0.4) is 0 Å². The highest BCUT2D eigenvalue weighted by Crippen LogP contribution is 2.22. The molecule has 1 aromatic rings. The molecule has 0 atom stereocenters. The van der Waals surface area contributed by atoms with Gasteiger partial charge in [-0.1, -0.05) is 45.6 Å². The van der Waals surface area contributed by atoms with Gasteiger partial charge in [0.2, 0.25) is 0 Å². The predicted molar refractivity (Wildman–Crippen MR) is 65.3 cm³/mol. The van der Waals surface area contributed by atoms with Crippen LogP contribution in [0, 0.1) is 5.41 Å². The Labute approximate surface area is 92.8 Å². The van der Waals surface area contributed by atoms with Crippen molar-refractivity contribution < 1.29 is 4.74 Å². The average molecular weight is 204 g/mol. The fourth-order valence-electron chi connectivity index (χ4n) is 1.47. The maximum absolute atomic E-state index is 5.42. The van der Waals surface area contributed by atoms with Gasteiger partial charge in [0.15, 0.2) is 0 Å². The monoisotopic (exact) mass is 204 g/mol. The molecule has 0 N–H and O–H groups in total. The second kappa shape index (κ2) is 5.01. The number of benzene rings is 1. The van der Waals surface area contributed by atoms with Crippen LogP contribution < -0.4 is 4.74 Å². The lowest BCUT2D eigenvalue weighted by atomic mass is 9.88. The van der Waals surface area contributed by atoms with Crippen LogP contribution >= 0.6 is 0 Å². The minimum Gasteiger partial charge on any atom is -0.490 e. The van der Waals surface area contributed by atoms with E-state index in [4.69, 9.17) is 4.74 Å². The van der Waals surface area contributed by atoms with Gasteiger partial charge in [-0.25, -0.2) is 0 Å². The smallest absolute Gasteiger partial charge is 0.119 e. The molecule has 0 unspecified atom stereocenters. The van der Waals surface area contributed by atoms with Gasteiger partial charge in [-0.15, -0.1) is 0 Å².